The maximum atomic E-state index is 5.23. The molecule has 1 aliphatic rings. The number of benzene rings is 6. The second kappa shape index (κ2) is 10.7. The predicted molar refractivity (Wildman–Crippen MR) is 210 cm³/mol. The maximum Gasteiger partial charge on any atom is 0.238 e. The van der Waals surface area contributed by atoms with Gasteiger partial charge in [0.1, 0.15) is 0 Å². The van der Waals surface area contributed by atoms with E-state index in [1.54, 1.807) is 0 Å². The van der Waals surface area contributed by atoms with Gasteiger partial charge in [-0.15, -0.1) is 0 Å². The van der Waals surface area contributed by atoms with Gasteiger partial charge in [0.15, 0.2) is 11.6 Å². The lowest BCUT2D eigenvalue weighted by molar-refractivity contribution is 0.403. The van der Waals surface area contributed by atoms with E-state index in [1.807, 2.05) is 18.2 Å². The van der Waals surface area contributed by atoms with Crippen molar-refractivity contribution in [3.8, 4) is 34.4 Å². The molecule has 51 heavy (non-hydrogen) atoms. The van der Waals surface area contributed by atoms with Crippen LogP contribution in [0.15, 0.2) is 140 Å². The fourth-order valence-corrected chi connectivity index (χ4v) is 8.94. The molecule has 3 aromatic heterocycles. The second-order valence-corrected chi connectivity index (χ2v) is 15.3. The van der Waals surface area contributed by atoms with E-state index in [1.165, 1.54) is 43.7 Å². The second-order valence-electron chi connectivity index (χ2n) is 15.3. The third-order valence-corrected chi connectivity index (χ3v) is 11.0. The van der Waals surface area contributed by atoms with Gasteiger partial charge in [-0.05, 0) is 70.8 Å². The minimum Gasteiger partial charge on any atom is -0.309 e. The molecule has 0 amide bonds. The van der Waals surface area contributed by atoms with Crippen LogP contribution in [0, 0.1) is 0 Å². The molecule has 0 spiro atoms. The number of rotatable bonds is 4. The summed E-state index contributed by atoms with van der Waals surface area (Å²) in [5.41, 5.74) is 10.6. The van der Waals surface area contributed by atoms with Crippen molar-refractivity contribution in [2.75, 3.05) is 0 Å². The first-order chi connectivity index (χ1) is 24.8. The fraction of sp³-hybridized carbons (Fsp3) is 0.152. The van der Waals surface area contributed by atoms with Crippen molar-refractivity contribution in [1.82, 2.24) is 24.1 Å². The number of hydrogen-bond acceptors (Lipinski definition) is 3. The molecule has 9 aromatic rings. The van der Waals surface area contributed by atoms with Gasteiger partial charge in [-0.3, -0.25) is 4.57 Å². The summed E-state index contributed by atoms with van der Waals surface area (Å²) in [6.45, 7) is 9.56. The SMILES string of the molecule is CC1(C)CC(C)(C)c2cc3c(cc21)c1ccccc1n3-c1cccc(-c2nc(-c3ccccc3)nc(-n3c4ccccc4c4ccccc43)n2)c1. The zero-order chi connectivity index (χ0) is 34.5. The van der Waals surface area contributed by atoms with E-state index in [-0.39, 0.29) is 10.8 Å². The summed E-state index contributed by atoms with van der Waals surface area (Å²) >= 11 is 0. The van der Waals surface area contributed by atoms with Crippen LogP contribution in [0.1, 0.15) is 45.2 Å². The molecule has 246 valence electrons. The van der Waals surface area contributed by atoms with Crippen LogP contribution in [-0.4, -0.2) is 24.1 Å². The molecule has 10 rings (SSSR count). The summed E-state index contributed by atoms with van der Waals surface area (Å²) in [6.07, 6.45) is 1.13. The molecule has 5 nitrogen and oxygen atoms in total. The Morgan fingerprint density at radius 2 is 0.941 bits per heavy atom. The van der Waals surface area contributed by atoms with Crippen LogP contribution in [0.4, 0.5) is 0 Å². The molecular weight excluding hydrogens is 623 g/mol. The van der Waals surface area contributed by atoms with Crippen molar-refractivity contribution in [1.29, 1.82) is 0 Å². The maximum absolute atomic E-state index is 5.23. The van der Waals surface area contributed by atoms with Crippen molar-refractivity contribution < 1.29 is 0 Å². The van der Waals surface area contributed by atoms with E-state index in [0.717, 1.165) is 34.3 Å². The number of fused-ring (bicyclic) bond motifs is 7. The van der Waals surface area contributed by atoms with E-state index < -0.39 is 0 Å². The first-order valence-corrected chi connectivity index (χ1v) is 17.8. The van der Waals surface area contributed by atoms with Crippen LogP contribution >= 0.6 is 0 Å². The van der Waals surface area contributed by atoms with Crippen LogP contribution in [0.2, 0.25) is 0 Å². The van der Waals surface area contributed by atoms with E-state index in [4.69, 9.17) is 15.0 Å². The third-order valence-electron chi connectivity index (χ3n) is 11.0. The highest BCUT2D eigenvalue weighted by molar-refractivity contribution is 6.10. The first kappa shape index (κ1) is 29.8. The Morgan fingerprint density at radius 3 is 1.59 bits per heavy atom. The highest BCUT2D eigenvalue weighted by atomic mass is 15.2. The first-order valence-electron chi connectivity index (χ1n) is 17.8. The molecule has 0 saturated carbocycles. The largest absolute Gasteiger partial charge is 0.309 e. The van der Waals surface area contributed by atoms with Crippen LogP contribution in [0.25, 0.3) is 78.0 Å². The van der Waals surface area contributed by atoms with Crippen molar-refractivity contribution in [3.05, 3.63) is 151 Å². The number of aromatic nitrogens is 5. The Hall–Kier alpha value is -6.07. The monoisotopic (exact) mass is 659 g/mol. The number of nitrogens with zero attached hydrogens (tertiary/aromatic N) is 5. The molecular formula is C46H37N5. The standard InChI is InChI=1S/C46H37N5/c1-45(2)28-46(3,4)37-27-41-35(26-36(37)45)34-21-10-11-22-38(34)50(41)31-18-14-17-30(25-31)43-47-42(29-15-6-5-7-16-29)48-44(49-43)51-39-23-12-8-19-32(39)33-20-9-13-24-40(33)51/h5-27H,28H2,1-4H3. The molecule has 0 radical (unpaired) electrons. The average Bonchev–Trinajstić information content (AvgIpc) is 3.73. The van der Waals surface area contributed by atoms with Crippen molar-refractivity contribution >= 4 is 43.6 Å². The molecule has 0 bridgehead atoms. The minimum atomic E-state index is 0.0953. The van der Waals surface area contributed by atoms with Crippen molar-refractivity contribution in [2.45, 2.75) is 44.9 Å². The summed E-state index contributed by atoms with van der Waals surface area (Å²) in [4.78, 5) is 15.5. The highest BCUT2D eigenvalue weighted by Crippen LogP contribution is 2.51. The molecule has 0 atom stereocenters. The summed E-state index contributed by atoms with van der Waals surface area (Å²) in [6, 6.07) is 49.5. The zero-order valence-electron chi connectivity index (χ0n) is 29.2. The van der Waals surface area contributed by atoms with Crippen molar-refractivity contribution in [2.24, 2.45) is 0 Å². The Kier molecular flexibility index (Phi) is 6.26. The minimum absolute atomic E-state index is 0.0953. The van der Waals surface area contributed by atoms with E-state index in [9.17, 15) is 0 Å². The van der Waals surface area contributed by atoms with E-state index in [0.29, 0.717) is 17.6 Å². The van der Waals surface area contributed by atoms with Crippen LogP contribution in [-0.2, 0) is 10.8 Å². The summed E-state index contributed by atoms with van der Waals surface area (Å²) < 4.78 is 4.59. The third kappa shape index (κ3) is 4.51. The quantitative estimate of drug-likeness (QED) is 0.189. The smallest absolute Gasteiger partial charge is 0.238 e. The van der Waals surface area contributed by atoms with Crippen LogP contribution < -0.4 is 0 Å². The van der Waals surface area contributed by atoms with Crippen LogP contribution in [0.3, 0.4) is 0 Å². The Morgan fingerprint density at radius 1 is 0.431 bits per heavy atom. The molecule has 3 heterocycles. The van der Waals surface area contributed by atoms with Crippen LogP contribution in [0.5, 0.6) is 0 Å². The lowest BCUT2D eigenvalue weighted by atomic mass is 9.82. The fourth-order valence-electron chi connectivity index (χ4n) is 8.94. The Labute approximate surface area is 296 Å². The molecule has 6 aromatic carbocycles. The molecule has 0 saturated heterocycles. The number of para-hydroxylation sites is 3. The molecule has 0 unspecified atom stereocenters. The number of hydrogen-bond donors (Lipinski definition) is 0. The molecule has 0 fully saturated rings. The van der Waals surface area contributed by atoms with E-state index in [2.05, 4.69) is 158 Å². The Bertz CT molecular complexity index is 2780. The summed E-state index contributed by atoms with van der Waals surface area (Å²) in [5.74, 6) is 1.87. The normalized spacial score (nSPS) is 14.9. The Balaban J connectivity index is 1.21. The van der Waals surface area contributed by atoms with Gasteiger partial charge in [0.05, 0.1) is 22.1 Å². The molecule has 0 N–H and O–H groups in total. The molecule has 1 aliphatic carbocycles. The van der Waals surface area contributed by atoms with Gasteiger partial charge >= 0.3 is 0 Å². The van der Waals surface area contributed by atoms with Gasteiger partial charge in [-0.25, -0.2) is 4.98 Å². The van der Waals surface area contributed by atoms with E-state index >= 15 is 0 Å². The lowest BCUT2D eigenvalue weighted by Gasteiger charge is -2.22. The lowest BCUT2D eigenvalue weighted by Crippen LogP contribution is -2.18. The average molecular weight is 660 g/mol. The predicted octanol–water partition coefficient (Wildman–Crippen LogP) is 11.4. The molecule has 5 heteroatoms. The van der Waals surface area contributed by atoms with Gasteiger partial charge in [-0.2, -0.15) is 9.97 Å². The summed E-state index contributed by atoms with van der Waals surface area (Å²) in [5, 5.41) is 4.90. The van der Waals surface area contributed by atoms with Gasteiger partial charge in [-0.1, -0.05) is 125 Å². The summed E-state index contributed by atoms with van der Waals surface area (Å²) in [7, 11) is 0. The van der Waals surface area contributed by atoms with Gasteiger partial charge in [0.25, 0.3) is 0 Å². The topological polar surface area (TPSA) is 48.5 Å². The zero-order valence-corrected chi connectivity index (χ0v) is 29.2. The molecule has 0 aliphatic heterocycles. The van der Waals surface area contributed by atoms with Gasteiger partial charge in [0.2, 0.25) is 5.95 Å². The van der Waals surface area contributed by atoms with Gasteiger partial charge < -0.3 is 4.57 Å². The van der Waals surface area contributed by atoms with Crippen molar-refractivity contribution in [3.63, 3.8) is 0 Å². The van der Waals surface area contributed by atoms with Gasteiger partial charge in [0, 0.05) is 38.4 Å². The highest BCUT2D eigenvalue weighted by Gasteiger charge is 2.42.